The highest BCUT2D eigenvalue weighted by Gasteiger charge is 2.29. The summed E-state index contributed by atoms with van der Waals surface area (Å²) < 4.78 is 11.4. The molecular weight excluding hydrogens is 316 g/mol. The molecular formula is C20H24N2O3. The van der Waals surface area contributed by atoms with Crippen LogP contribution in [0.1, 0.15) is 24.0 Å². The second kappa shape index (κ2) is 8.65. The average molecular weight is 340 g/mol. The van der Waals surface area contributed by atoms with E-state index in [1.807, 2.05) is 54.6 Å². The normalized spacial score (nSPS) is 19.6. The van der Waals surface area contributed by atoms with Crippen molar-refractivity contribution in [2.45, 2.75) is 38.2 Å². The molecule has 1 aliphatic heterocycles. The van der Waals surface area contributed by atoms with Gasteiger partial charge < -0.3 is 20.5 Å². The Morgan fingerprint density at radius 3 is 2.68 bits per heavy atom. The van der Waals surface area contributed by atoms with E-state index in [1.54, 1.807) is 0 Å². The van der Waals surface area contributed by atoms with Gasteiger partial charge in [-0.1, -0.05) is 42.5 Å². The first-order chi connectivity index (χ1) is 12.2. The molecule has 0 bridgehead atoms. The number of para-hydroxylation sites is 1. The number of nitrogens with two attached hydrogens (primary N) is 1. The van der Waals surface area contributed by atoms with Gasteiger partial charge in [0.25, 0.3) is 0 Å². The molecule has 1 heterocycles. The number of hydrogen-bond acceptors (Lipinski definition) is 4. The Labute approximate surface area is 148 Å². The maximum atomic E-state index is 12.2. The molecule has 5 heteroatoms. The Kier molecular flexibility index (Phi) is 6.04. The fourth-order valence-corrected chi connectivity index (χ4v) is 2.89. The molecule has 0 aliphatic carbocycles. The molecule has 2 aromatic rings. The number of benzene rings is 2. The number of carbonyl (C=O) groups is 1. The summed E-state index contributed by atoms with van der Waals surface area (Å²) in [7, 11) is 0. The fraction of sp³-hybridized carbons (Fsp3) is 0.350. The summed E-state index contributed by atoms with van der Waals surface area (Å²) in [5.74, 6) is 0.774. The van der Waals surface area contributed by atoms with Crippen molar-refractivity contribution in [1.82, 2.24) is 5.32 Å². The van der Waals surface area contributed by atoms with Gasteiger partial charge >= 0.3 is 0 Å². The minimum absolute atomic E-state index is 0.00853. The predicted octanol–water partition coefficient (Wildman–Crippen LogP) is 2.39. The van der Waals surface area contributed by atoms with Crippen molar-refractivity contribution < 1.29 is 14.3 Å². The number of hydrogen-bond donors (Lipinski definition) is 2. The van der Waals surface area contributed by atoms with Crippen LogP contribution < -0.4 is 15.8 Å². The van der Waals surface area contributed by atoms with Gasteiger partial charge in [0.15, 0.2) is 0 Å². The van der Waals surface area contributed by atoms with E-state index >= 15 is 0 Å². The first-order valence-corrected chi connectivity index (χ1v) is 8.63. The van der Waals surface area contributed by atoms with Crippen LogP contribution in [0.3, 0.4) is 0 Å². The summed E-state index contributed by atoms with van der Waals surface area (Å²) in [4.78, 5) is 12.2. The lowest BCUT2D eigenvalue weighted by atomic mass is 10.1. The van der Waals surface area contributed by atoms with E-state index in [2.05, 4.69) is 5.32 Å². The van der Waals surface area contributed by atoms with Crippen molar-refractivity contribution in [2.75, 3.05) is 6.54 Å². The van der Waals surface area contributed by atoms with Crippen LogP contribution in [0.2, 0.25) is 0 Å². The van der Waals surface area contributed by atoms with Gasteiger partial charge in [0, 0.05) is 13.1 Å². The zero-order valence-corrected chi connectivity index (χ0v) is 14.2. The molecule has 0 spiro atoms. The third kappa shape index (κ3) is 5.05. The molecule has 25 heavy (non-hydrogen) atoms. The smallest absolute Gasteiger partial charge is 0.249 e. The third-order valence-corrected chi connectivity index (χ3v) is 4.27. The maximum Gasteiger partial charge on any atom is 0.249 e. The second-order valence-electron chi connectivity index (χ2n) is 6.20. The van der Waals surface area contributed by atoms with Crippen molar-refractivity contribution >= 4 is 5.91 Å². The van der Waals surface area contributed by atoms with Crippen LogP contribution in [0.4, 0.5) is 0 Å². The standard InChI is InChI=1S/C20H24N2O3/c21-12-18-9-10-19(25-18)20(23)22-13-15-5-4-6-16(11-15)14-24-17-7-2-1-3-8-17/h1-8,11,18-19H,9-10,12-14,21H2,(H,22,23)/t18-,19+/m1/s1. The maximum absolute atomic E-state index is 12.2. The Morgan fingerprint density at radius 2 is 1.92 bits per heavy atom. The van der Waals surface area contributed by atoms with Crippen molar-refractivity contribution in [2.24, 2.45) is 5.73 Å². The zero-order chi connectivity index (χ0) is 17.5. The quantitative estimate of drug-likeness (QED) is 0.812. The van der Waals surface area contributed by atoms with Gasteiger partial charge in [-0.05, 0) is 36.1 Å². The number of amides is 1. The molecule has 1 fully saturated rings. The summed E-state index contributed by atoms with van der Waals surface area (Å²) in [5, 5.41) is 2.94. The highest BCUT2D eigenvalue weighted by Crippen LogP contribution is 2.19. The lowest BCUT2D eigenvalue weighted by Crippen LogP contribution is -2.35. The first kappa shape index (κ1) is 17.5. The Morgan fingerprint density at radius 1 is 1.12 bits per heavy atom. The molecule has 0 aromatic heterocycles. The highest BCUT2D eigenvalue weighted by atomic mass is 16.5. The summed E-state index contributed by atoms with van der Waals surface area (Å²) in [6, 6.07) is 17.7. The molecule has 2 aromatic carbocycles. The first-order valence-electron chi connectivity index (χ1n) is 8.63. The number of carbonyl (C=O) groups excluding carboxylic acids is 1. The summed E-state index contributed by atoms with van der Waals surface area (Å²) in [5.41, 5.74) is 7.68. The van der Waals surface area contributed by atoms with Crippen molar-refractivity contribution in [1.29, 1.82) is 0 Å². The molecule has 132 valence electrons. The minimum Gasteiger partial charge on any atom is -0.489 e. The average Bonchev–Trinajstić information content (AvgIpc) is 3.15. The van der Waals surface area contributed by atoms with Crippen molar-refractivity contribution in [3.8, 4) is 5.75 Å². The van der Waals surface area contributed by atoms with Crippen LogP contribution in [0, 0.1) is 0 Å². The topological polar surface area (TPSA) is 73.6 Å². The van der Waals surface area contributed by atoms with Crippen LogP contribution >= 0.6 is 0 Å². The third-order valence-electron chi connectivity index (χ3n) is 4.27. The predicted molar refractivity (Wildman–Crippen MR) is 96.0 cm³/mol. The van der Waals surface area contributed by atoms with Crippen LogP contribution in [-0.4, -0.2) is 24.7 Å². The lowest BCUT2D eigenvalue weighted by molar-refractivity contribution is -0.132. The molecule has 3 rings (SSSR count). The SMILES string of the molecule is NC[C@H]1CC[C@@H](C(=O)NCc2cccc(COc3ccccc3)c2)O1. The van der Waals surface area contributed by atoms with Crippen LogP contribution in [0.5, 0.6) is 5.75 Å². The molecule has 0 radical (unpaired) electrons. The second-order valence-corrected chi connectivity index (χ2v) is 6.20. The molecule has 5 nitrogen and oxygen atoms in total. The summed E-state index contributed by atoms with van der Waals surface area (Å²) >= 11 is 0. The van der Waals surface area contributed by atoms with Crippen molar-refractivity contribution in [3.63, 3.8) is 0 Å². The Bertz CT molecular complexity index is 690. The van der Waals surface area contributed by atoms with Gasteiger partial charge in [0.05, 0.1) is 6.10 Å². The van der Waals surface area contributed by atoms with E-state index in [9.17, 15) is 4.79 Å². The lowest BCUT2D eigenvalue weighted by Gasteiger charge is -2.13. The van der Waals surface area contributed by atoms with Crippen LogP contribution in [-0.2, 0) is 22.7 Å². The van der Waals surface area contributed by atoms with E-state index < -0.39 is 0 Å². The van der Waals surface area contributed by atoms with Crippen molar-refractivity contribution in [3.05, 3.63) is 65.7 Å². The van der Waals surface area contributed by atoms with E-state index in [0.29, 0.717) is 19.7 Å². The minimum atomic E-state index is -0.377. The number of nitrogens with one attached hydrogen (secondary N) is 1. The van der Waals surface area contributed by atoms with E-state index in [0.717, 1.165) is 29.7 Å². The molecule has 1 aliphatic rings. The van der Waals surface area contributed by atoms with Gasteiger partial charge in [-0.3, -0.25) is 4.79 Å². The summed E-state index contributed by atoms with van der Waals surface area (Å²) in [6.07, 6.45) is 1.21. The highest BCUT2D eigenvalue weighted by molar-refractivity contribution is 5.81. The molecule has 3 N–H and O–H groups in total. The van der Waals surface area contributed by atoms with Crippen LogP contribution in [0.25, 0.3) is 0 Å². The molecule has 0 saturated carbocycles. The summed E-state index contributed by atoms with van der Waals surface area (Å²) in [6.45, 7) is 1.44. The molecule has 1 amide bonds. The fourth-order valence-electron chi connectivity index (χ4n) is 2.89. The van der Waals surface area contributed by atoms with E-state index in [-0.39, 0.29) is 18.1 Å². The largest absolute Gasteiger partial charge is 0.489 e. The van der Waals surface area contributed by atoms with Crippen LogP contribution in [0.15, 0.2) is 54.6 Å². The number of rotatable bonds is 7. The van der Waals surface area contributed by atoms with Gasteiger partial charge in [-0.25, -0.2) is 0 Å². The van der Waals surface area contributed by atoms with Gasteiger partial charge in [0.1, 0.15) is 18.5 Å². The monoisotopic (exact) mass is 340 g/mol. The Balaban J connectivity index is 1.49. The molecule has 2 atom stereocenters. The van der Waals surface area contributed by atoms with Gasteiger partial charge in [0.2, 0.25) is 5.91 Å². The Hall–Kier alpha value is -2.37. The van der Waals surface area contributed by atoms with Gasteiger partial charge in [-0.15, -0.1) is 0 Å². The number of ether oxygens (including phenoxy) is 2. The van der Waals surface area contributed by atoms with E-state index in [1.165, 1.54) is 0 Å². The zero-order valence-electron chi connectivity index (χ0n) is 14.2. The molecule has 0 unspecified atom stereocenters. The van der Waals surface area contributed by atoms with Gasteiger partial charge in [-0.2, -0.15) is 0 Å². The van der Waals surface area contributed by atoms with E-state index in [4.69, 9.17) is 15.2 Å². The molecule has 1 saturated heterocycles.